The van der Waals surface area contributed by atoms with Gasteiger partial charge in [0, 0.05) is 24.2 Å². The number of nitrogen functional groups attached to an aromatic ring is 1. The van der Waals surface area contributed by atoms with Gasteiger partial charge in [0.15, 0.2) is 11.5 Å². The molecule has 9 nitrogen and oxygen atoms in total. The molecule has 5 rings (SSSR count). The maximum absolute atomic E-state index is 13.7. The summed E-state index contributed by atoms with van der Waals surface area (Å²) in [4.78, 5) is 31.2. The van der Waals surface area contributed by atoms with Crippen LogP contribution in [0.1, 0.15) is 29.0 Å². The lowest BCUT2D eigenvalue weighted by molar-refractivity contribution is 0.0941. The minimum absolute atomic E-state index is 0.0591. The second-order valence-corrected chi connectivity index (χ2v) is 8.37. The van der Waals surface area contributed by atoms with Gasteiger partial charge in [-0.15, -0.1) is 5.10 Å². The highest BCUT2D eigenvalue weighted by atomic mass is 35.5. The molecular formula is C25H21ClN6O3. The van der Waals surface area contributed by atoms with Crippen LogP contribution < -0.4 is 21.3 Å². The van der Waals surface area contributed by atoms with Crippen molar-refractivity contribution in [2.45, 2.75) is 13.0 Å². The van der Waals surface area contributed by atoms with E-state index in [-0.39, 0.29) is 16.9 Å². The fraction of sp³-hybridized carbons (Fsp3) is 0.120. The molecule has 0 radical (unpaired) electrons. The minimum atomic E-state index is -0.595. The number of benzene rings is 2. The highest BCUT2D eigenvalue weighted by Gasteiger charge is 2.24. The highest BCUT2D eigenvalue weighted by molar-refractivity contribution is 6.35. The van der Waals surface area contributed by atoms with E-state index in [1.807, 2.05) is 12.1 Å². The van der Waals surface area contributed by atoms with Crippen LogP contribution in [0.15, 0.2) is 71.8 Å². The molecule has 0 spiro atoms. The zero-order valence-electron chi connectivity index (χ0n) is 18.9. The first-order valence-corrected chi connectivity index (χ1v) is 11.1. The molecule has 0 fully saturated rings. The second kappa shape index (κ2) is 8.77. The van der Waals surface area contributed by atoms with Crippen molar-refractivity contribution in [3.05, 3.63) is 93.6 Å². The van der Waals surface area contributed by atoms with Crippen LogP contribution in [0.4, 0.5) is 5.82 Å². The quantitative estimate of drug-likeness (QED) is 0.389. The Balaban J connectivity index is 1.65. The van der Waals surface area contributed by atoms with Crippen molar-refractivity contribution < 1.29 is 9.53 Å². The number of methoxy groups -OCH3 is 1. The summed E-state index contributed by atoms with van der Waals surface area (Å²) >= 11 is 6.40. The van der Waals surface area contributed by atoms with Gasteiger partial charge < -0.3 is 15.8 Å². The molecule has 1 unspecified atom stereocenters. The van der Waals surface area contributed by atoms with E-state index >= 15 is 0 Å². The summed E-state index contributed by atoms with van der Waals surface area (Å²) < 4.78 is 8.32. The number of carbonyl (C=O) groups excluding carboxylic acids is 1. The van der Waals surface area contributed by atoms with Crippen molar-refractivity contribution in [2.75, 3.05) is 12.8 Å². The van der Waals surface area contributed by atoms with E-state index in [1.54, 1.807) is 68.9 Å². The van der Waals surface area contributed by atoms with Crippen molar-refractivity contribution in [2.24, 2.45) is 0 Å². The molecule has 2 aromatic carbocycles. The van der Waals surface area contributed by atoms with Crippen LogP contribution in [-0.2, 0) is 0 Å². The summed E-state index contributed by atoms with van der Waals surface area (Å²) in [5.74, 6) is 0.185. The number of nitrogens with zero attached hydrogens (tertiary/aromatic N) is 4. The number of nitrogens with two attached hydrogens (primary N) is 1. The summed E-state index contributed by atoms with van der Waals surface area (Å²) in [6.07, 6.45) is 3.22. The predicted octanol–water partition coefficient (Wildman–Crippen LogP) is 3.77. The lowest BCUT2D eigenvalue weighted by Crippen LogP contribution is -2.32. The first kappa shape index (κ1) is 22.4. The summed E-state index contributed by atoms with van der Waals surface area (Å²) in [5, 5.41) is 8.48. The van der Waals surface area contributed by atoms with Crippen LogP contribution in [0.5, 0.6) is 5.75 Å². The first-order chi connectivity index (χ1) is 16.9. The average molecular weight is 489 g/mol. The van der Waals surface area contributed by atoms with E-state index in [0.29, 0.717) is 38.6 Å². The molecule has 3 aromatic heterocycles. The van der Waals surface area contributed by atoms with Gasteiger partial charge in [0.2, 0.25) is 0 Å². The lowest BCUT2D eigenvalue weighted by Gasteiger charge is -2.21. The topological polar surface area (TPSA) is 117 Å². The second-order valence-electron chi connectivity index (χ2n) is 7.96. The normalized spacial score (nSPS) is 12.1. The number of fused-ring (bicyclic) bond motifs is 2. The number of nitrogens with one attached hydrogen (secondary N) is 1. The van der Waals surface area contributed by atoms with Crippen LogP contribution in [0.3, 0.4) is 0 Å². The Hall–Kier alpha value is -4.37. The van der Waals surface area contributed by atoms with E-state index in [1.165, 1.54) is 9.08 Å². The number of carbonyl (C=O) groups is 1. The molecule has 35 heavy (non-hydrogen) atoms. The maximum atomic E-state index is 13.7. The summed E-state index contributed by atoms with van der Waals surface area (Å²) in [6, 6.07) is 15.3. The average Bonchev–Trinajstić information content (AvgIpc) is 3.19. The van der Waals surface area contributed by atoms with Gasteiger partial charge in [0.25, 0.3) is 11.5 Å². The van der Waals surface area contributed by atoms with Gasteiger partial charge in [-0.1, -0.05) is 29.8 Å². The molecular weight excluding hydrogens is 468 g/mol. The number of pyridine rings is 1. The Morgan fingerprint density at radius 2 is 1.97 bits per heavy atom. The number of anilines is 1. The molecule has 0 aliphatic carbocycles. The standard InChI is InChI=1S/C25H21ClN6O3/c1-14(29-24(33)21-22(27)30-31-11-5-10-28-23(21)31)19-12-15-6-3-9-18(26)20(15)25(34)32(19)16-7-4-8-17(13-16)35-2/h3-14H,1-2H3,(H2,27,30)(H,29,33). The van der Waals surface area contributed by atoms with Gasteiger partial charge in [-0.3, -0.25) is 14.2 Å². The summed E-state index contributed by atoms with van der Waals surface area (Å²) in [5.41, 5.74) is 7.34. The van der Waals surface area contributed by atoms with E-state index in [0.717, 1.165) is 0 Å². The number of ether oxygens (including phenoxy) is 1. The molecule has 176 valence electrons. The number of rotatable bonds is 5. The molecule has 1 amide bonds. The molecule has 5 aromatic rings. The van der Waals surface area contributed by atoms with Crippen molar-refractivity contribution in [3.8, 4) is 11.4 Å². The van der Waals surface area contributed by atoms with Crippen molar-refractivity contribution >= 4 is 39.7 Å². The van der Waals surface area contributed by atoms with Crippen LogP contribution >= 0.6 is 11.6 Å². The van der Waals surface area contributed by atoms with Crippen LogP contribution in [0, 0.1) is 0 Å². The Morgan fingerprint density at radius 3 is 2.77 bits per heavy atom. The van der Waals surface area contributed by atoms with Gasteiger partial charge in [-0.25, -0.2) is 9.50 Å². The van der Waals surface area contributed by atoms with Crippen molar-refractivity contribution in [3.63, 3.8) is 0 Å². The minimum Gasteiger partial charge on any atom is -0.497 e. The largest absolute Gasteiger partial charge is 0.497 e. The molecule has 0 saturated heterocycles. The number of halogens is 1. The molecule has 0 aliphatic heterocycles. The van der Waals surface area contributed by atoms with Gasteiger partial charge in [0.1, 0.15) is 11.3 Å². The molecule has 0 bridgehead atoms. The molecule has 0 aliphatic rings. The number of amides is 1. The van der Waals surface area contributed by atoms with Gasteiger partial charge in [-0.05, 0) is 42.6 Å². The molecule has 1 atom stereocenters. The third-order valence-electron chi connectivity index (χ3n) is 5.78. The fourth-order valence-electron chi connectivity index (χ4n) is 4.14. The lowest BCUT2D eigenvalue weighted by atomic mass is 10.1. The van der Waals surface area contributed by atoms with Crippen LogP contribution in [0.2, 0.25) is 5.02 Å². The van der Waals surface area contributed by atoms with Gasteiger partial charge in [-0.2, -0.15) is 0 Å². The number of hydrogen-bond donors (Lipinski definition) is 2. The van der Waals surface area contributed by atoms with Gasteiger partial charge >= 0.3 is 0 Å². The Labute approximate surface area is 204 Å². The first-order valence-electron chi connectivity index (χ1n) is 10.8. The third kappa shape index (κ3) is 3.85. The number of hydrogen-bond acceptors (Lipinski definition) is 6. The summed E-state index contributed by atoms with van der Waals surface area (Å²) in [7, 11) is 1.55. The molecule has 3 heterocycles. The Morgan fingerprint density at radius 1 is 1.17 bits per heavy atom. The van der Waals surface area contributed by atoms with E-state index in [4.69, 9.17) is 22.1 Å². The van der Waals surface area contributed by atoms with Gasteiger partial charge in [0.05, 0.1) is 29.2 Å². The smallest absolute Gasteiger partial charge is 0.264 e. The predicted molar refractivity (Wildman–Crippen MR) is 134 cm³/mol. The van der Waals surface area contributed by atoms with Crippen LogP contribution in [0.25, 0.3) is 22.1 Å². The monoisotopic (exact) mass is 488 g/mol. The summed E-state index contributed by atoms with van der Waals surface area (Å²) in [6.45, 7) is 1.79. The molecule has 10 heteroatoms. The van der Waals surface area contributed by atoms with Crippen molar-refractivity contribution in [1.82, 2.24) is 24.5 Å². The fourth-order valence-corrected chi connectivity index (χ4v) is 4.40. The molecule has 3 N–H and O–H groups in total. The van der Waals surface area contributed by atoms with Crippen molar-refractivity contribution in [1.29, 1.82) is 0 Å². The maximum Gasteiger partial charge on any atom is 0.264 e. The Bertz CT molecular complexity index is 1660. The van der Waals surface area contributed by atoms with E-state index in [2.05, 4.69) is 15.4 Å². The molecule has 0 saturated carbocycles. The zero-order chi connectivity index (χ0) is 24.7. The van der Waals surface area contributed by atoms with E-state index in [9.17, 15) is 9.59 Å². The van der Waals surface area contributed by atoms with E-state index < -0.39 is 11.9 Å². The SMILES string of the molecule is COc1cccc(-n2c(C(C)NC(=O)c3c(N)nn4cccnc34)cc3cccc(Cl)c3c2=O)c1. The Kier molecular flexibility index (Phi) is 5.62. The van der Waals surface area contributed by atoms with Crippen LogP contribution in [-0.4, -0.2) is 32.2 Å². The zero-order valence-corrected chi connectivity index (χ0v) is 19.7. The highest BCUT2D eigenvalue weighted by Crippen LogP contribution is 2.27. The third-order valence-corrected chi connectivity index (χ3v) is 6.09. The number of aromatic nitrogens is 4.